The SMILES string of the molecule is C[n+]1cc(N)c(CC(O)CN)c(N)c1. The molecular formula is C9H17N4O+. The molecule has 0 aliphatic heterocycles. The third kappa shape index (κ3) is 2.34. The number of aromatic nitrogens is 1. The van der Waals surface area contributed by atoms with Crippen LogP contribution in [0.25, 0.3) is 0 Å². The van der Waals surface area contributed by atoms with Gasteiger partial charge in [-0.2, -0.15) is 0 Å². The van der Waals surface area contributed by atoms with Gasteiger partial charge in [0, 0.05) is 18.5 Å². The van der Waals surface area contributed by atoms with E-state index in [1.54, 1.807) is 17.0 Å². The Kier molecular flexibility index (Phi) is 3.27. The molecule has 0 amide bonds. The number of nitrogens with zero attached hydrogens (tertiary/aromatic N) is 1. The number of nitrogens with two attached hydrogens (primary N) is 3. The summed E-state index contributed by atoms with van der Waals surface area (Å²) in [6.45, 7) is 0.208. The lowest BCUT2D eigenvalue weighted by molar-refractivity contribution is -0.670. The van der Waals surface area contributed by atoms with Crippen molar-refractivity contribution < 1.29 is 9.67 Å². The van der Waals surface area contributed by atoms with Crippen LogP contribution in [0.1, 0.15) is 5.56 Å². The maximum atomic E-state index is 9.39. The Labute approximate surface area is 83.1 Å². The predicted molar refractivity (Wildman–Crippen MR) is 55.2 cm³/mol. The first-order valence-electron chi connectivity index (χ1n) is 4.45. The Morgan fingerprint density at radius 1 is 1.36 bits per heavy atom. The highest BCUT2D eigenvalue weighted by Crippen LogP contribution is 2.18. The molecule has 1 atom stereocenters. The van der Waals surface area contributed by atoms with Gasteiger partial charge < -0.3 is 22.3 Å². The van der Waals surface area contributed by atoms with E-state index in [4.69, 9.17) is 17.2 Å². The zero-order valence-corrected chi connectivity index (χ0v) is 8.27. The molecule has 0 saturated carbocycles. The van der Waals surface area contributed by atoms with E-state index in [9.17, 15) is 5.11 Å². The minimum absolute atomic E-state index is 0.208. The van der Waals surface area contributed by atoms with Crippen molar-refractivity contribution in [2.75, 3.05) is 18.0 Å². The second-order valence-electron chi connectivity index (χ2n) is 3.41. The number of aliphatic hydroxyl groups is 1. The van der Waals surface area contributed by atoms with Gasteiger partial charge in [0.1, 0.15) is 18.4 Å². The molecule has 1 rings (SSSR count). The average molecular weight is 197 g/mol. The topological polar surface area (TPSA) is 102 Å². The average Bonchev–Trinajstić information content (AvgIpc) is 2.10. The monoisotopic (exact) mass is 197 g/mol. The molecule has 0 aliphatic rings. The van der Waals surface area contributed by atoms with Gasteiger partial charge in [-0.25, -0.2) is 4.57 Å². The smallest absolute Gasteiger partial charge is 0.192 e. The van der Waals surface area contributed by atoms with Crippen LogP contribution >= 0.6 is 0 Å². The van der Waals surface area contributed by atoms with Gasteiger partial charge in [-0.05, 0) is 0 Å². The molecule has 0 aromatic carbocycles. The Hall–Kier alpha value is -1.33. The van der Waals surface area contributed by atoms with Crippen LogP contribution in [0.2, 0.25) is 0 Å². The molecule has 5 heteroatoms. The molecule has 1 aromatic heterocycles. The highest BCUT2D eigenvalue weighted by molar-refractivity contribution is 5.57. The summed E-state index contributed by atoms with van der Waals surface area (Å²) in [6.07, 6.45) is 3.33. The number of rotatable bonds is 3. The first-order valence-corrected chi connectivity index (χ1v) is 4.45. The Morgan fingerprint density at radius 3 is 2.29 bits per heavy atom. The summed E-state index contributed by atoms with van der Waals surface area (Å²) in [5.41, 5.74) is 18.8. The fraction of sp³-hybridized carbons (Fsp3) is 0.444. The molecule has 1 heterocycles. The summed E-state index contributed by atoms with van der Waals surface area (Å²) in [6, 6.07) is 0. The quantitative estimate of drug-likeness (QED) is 0.445. The van der Waals surface area contributed by atoms with Crippen LogP contribution in [-0.4, -0.2) is 17.8 Å². The molecule has 0 saturated heterocycles. The Morgan fingerprint density at radius 2 is 1.86 bits per heavy atom. The van der Waals surface area contributed by atoms with E-state index in [1.165, 1.54) is 0 Å². The molecule has 1 aromatic rings. The van der Waals surface area contributed by atoms with E-state index in [1.807, 2.05) is 7.05 Å². The summed E-state index contributed by atoms with van der Waals surface area (Å²) in [5.74, 6) is 0. The first-order chi connectivity index (χ1) is 6.54. The number of nitrogen functional groups attached to an aromatic ring is 2. The van der Waals surface area contributed by atoms with Crippen LogP contribution < -0.4 is 21.8 Å². The standard InChI is InChI=1S/C9H17N4O/c1-13-4-8(11)7(9(12)5-13)2-6(14)3-10/h4-6,14H,2-3,10-12H2,1H3/q+1. The van der Waals surface area contributed by atoms with Crippen LogP contribution in [0.15, 0.2) is 12.4 Å². The van der Waals surface area contributed by atoms with E-state index < -0.39 is 6.10 Å². The molecule has 7 N–H and O–H groups in total. The van der Waals surface area contributed by atoms with Crippen LogP contribution in [0, 0.1) is 0 Å². The van der Waals surface area contributed by atoms with E-state index in [-0.39, 0.29) is 6.54 Å². The van der Waals surface area contributed by atoms with Crippen LogP contribution in [-0.2, 0) is 13.5 Å². The molecule has 0 aliphatic carbocycles. The third-order valence-corrected chi connectivity index (χ3v) is 2.09. The van der Waals surface area contributed by atoms with Gasteiger partial charge in [0.15, 0.2) is 12.4 Å². The Bertz CT molecular complexity index is 304. The third-order valence-electron chi connectivity index (χ3n) is 2.09. The summed E-state index contributed by atoms with van der Waals surface area (Å²) < 4.78 is 1.78. The number of aryl methyl sites for hydroxylation is 1. The zero-order valence-electron chi connectivity index (χ0n) is 8.27. The van der Waals surface area contributed by atoms with Gasteiger partial charge in [-0.1, -0.05) is 0 Å². The molecule has 0 bridgehead atoms. The fourth-order valence-corrected chi connectivity index (χ4v) is 1.35. The number of pyridine rings is 1. The first kappa shape index (κ1) is 10.7. The number of hydrogen-bond donors (Lipinski definition) is 4. The maximum Gasteiger partial charge on any atom is 0.192 e. The van der Waals surface area contributed by atoms with Gasteiger partial charge in [0.2, 0.25) is 0 Å². The number of aliphatic hydroxyl groups excluding tert-OH is 1. The second-order valence-corrected chi connectivity index (χ2v) is 3.41. The highest BCUT2D eigenvalue weighted by Gasteiger charge is 2.13. The molecule has 78 valence electrons. The summed E-state index contributed by atoms with van der Waals surface area (Å²) in [7, 11) is 1.84. The highest BCUT2D eigenvalue weighted by atomic mass is 16.3. The van der Waals surface area contributed by atoms with E-state index in [0.717, 1.165) is 5.56 Å². The molecule has 0 fully saturated rings. The van der Waals surface area contributed by atoms with Crippen molar-refractivity contribution in [2.45, 2.75) is 12.5 Å². The predicted octanol–water partition coefficient (Wildman–Crippen LogP) is -1.46. The van der Waals surface area contributed by atoms with Crippen molar-refractivity contribution >= 4 is 11.4 Å². The van der Waals surface area contributed by atoms with Gasteiger partial charge in [0.05, 0.1) is 6.10 Å². The van der Waals surface area contributed by atoms with Crippen LogP contribution in [0.3, 0.4) is 0 Å². The van der Waals surface area contributed by atoms with E-state index >= 15 is 0 Å². The second kappa shape index (κ2) is 4.26. The van der Waals surface area contributed by atoms with E-state index in [0.29, 0.717) is 17.8 Å². The van der Waals surface area contributed by atoms with Crippen molar-refractivity contribution in [3.8, 4) is 0 Å². The van der Waals surface area contributed by atoms with Gasteiger partial charge in [0.25, 0.3) is 0 Å². The van der Waals surface area contributed by atoms with E-state index in [2.05, 4.69) is 0 Å². The van der Waals surface area contributed by atoms with Crippen molar-refractivity contribution in [3.05, 3.63) is 18.0 Å². The van der Waals surface area contributed by atoms with Gasteiger partial charge in [-0.15, -0.1) is 0 Å². The van der Waals surface area contributed by atoms with Gasteiger partial charge >= 0.3 is 0 Å². The lowest BCUT2D eigenvalue weighted by Gasteiger charge is -2.10. The van der Waals surface area contributed by atoms with Crippen molar-refractivity contribution in [1.82, 2.24) is 0 Å². The molecule has 0 spiro atoms. The summed E-state index contributed by atoms with van der Waals surface area (Å²) in [4.78, 5) is 0. The lowest BCUT2D eigenvalue weighted by atomic mass is 10.1. The lowest BCUT2D eigenvalue weighted by Crippen LogP contribution is -2.30. The van der Waals surface area contributed by atoms with Crippen LogP contribution in [0.4, 0.5) is 11.4 Å². The molecule has 14 heavy (non-hydrogen) atoms. The van der Waals surface area contributed by atoms with Gasteiger partial charge in [-0.3, -0.25) is 0 Å². The minimum Gasteiger partial charge on any atom is -0.394 e. The summed E-state index contributed by atoms with van der Waals surface area (Å²) in [5, 5.41) is 9.39. The van der Waals surface area contributed by atoms with Crippen molar-refractivity contribution in [2.24, 2.45) is 12.8 Å². The Balaban J connectivity index is 2.96. The molecular weight excluding hydrogens is 180 g/mol. The normalized spacial score (nSPS) is 12.8. The largest absolute Gasteiger partial charge is 0.394 e. The molecule has 1 unspecified atom stereocenters. The molecule has 5 nitrogen and oxygen atoms in total. The number of hydrogen-bond acceptors (Lipinski definition) is 4. The minimum atomic E-state index is -0.590. The summed E-state index contributed by atoms with van der Waals surface area (Å²) >= 11 is 0. The van der Waals surface area contributed by atoms with Crippen molar-refractivity contribution in [3.63, 3.8) is 0 Å². The molecule has 0 radical (unpaired) electrons. The fourth-order valence-electron chi connectivity index (χ4n) is 1.35. The number of anilines is 2. The van der Waals surface area contributed by atoms with Crippen LogP contribution in [0.5, 0.6) is 0 Å². The van der Waals surface area contributed by atoms with Crippen molar-refractivity contribution in [1.29, 1.82) is 0 Å². The zero-order chi connectivity index (χ0) is 10.7. The maximum absolute atomic E-state index is 9.39.